The second-order valence-electron chi connectivity index (χ2n) is 7.36. The zero-order valence-corrected chi connectivity index (χ0v) is 17.8. The van der Waals surface area contributed by atoms with E-state index in [-0.39, 0.29) is 35.9 Å². The van der Waals surface area contributed by atoms with Gasteiger partial charge < -0.3 is 19.5 Å². The third-order valence-corrected chi connectivity index (χ3v) is 5.19. The Morgan fingerprint density at radius 1 is 1.10 bits per heavy atom. The van der Waals surface area contributed by atoms with E-state index in [1.165, 1.54) is 24.3 Å². The van der Waals surface area contributed by atoms with Gasteiger partial charge in [0.25, 0.3) is 5.91 Å². The fourth-order valence-corrected chi connectivity index (χ4v) is 3.63. The molecule has 2 aromatic carbocycles. The average Bonchev–Trinajstić information content (AvgIpc) is 2.73. The molecule has 0 bridgehead atoms. The van der Waals surface area contributed by atoms with Crippen LogP contribution in [0.2, 0.25) is 5.02 Å². The number of aliphatic carboxylic acids is 1. The van der Waals surface area contributed by atoms with Crippen molar-refractivity contribution in [2.75, 3.05) is 32.8 Å². The van der Waals surface area contributed by atoms with Crippen molar-refractivity contribution in [1.29, 1.82) is 0 Å². The molecule has 1 amide bonds. The lowest BCUT2D eigenvalue weighted by molar-refractivity contribution is -0.140. The molecular formula is C22H24ClFN2O5. The molecule has 3 rings (SSSR count). The summed E-state index contributed by atoms with van der Waals surface area (Å²) in [6.45, 7) is 3.85. The number of halogens is 2. The Morgan fingerprint density at radius 3 is 2.48 bits per heavy atom. The van der Waals surface area contributed by atoms with Crippen molar-refractivity contribution in [1.82, 2.24) is 9.80 Å². The maximum atomic E-state index is 13.1. The first-order valence-electron chi connectivity index (χ1n) is 9.85. The molecule has 0 aromatic heterocycles. The van der Waals surface area contributed by atoms with Gasteiger partial charge >= 0.3 is 5.97 Å². The van der Waals surface area contributed by atoms with E-state index in [1.54, 1.807) is 23.1 Å². The van der Waals surface area contributed by atoms with Gasteiger partial charge in [-0.1, -0.05) is 23.7 Å². The number of nitrogens with zero attached hydrogens (tertiary/aromatic N) is 2. The van der Waals surface area contributed by atoms with E-state index in [1.807, 2.05) is 6.92 Å². The molecule has 0 aliphatic carbocycles. The molecule has 2 aromatic rings. The number of ether oxygens (including phenoxy) is 2. The summed E-state index contributed by atoms with van der Waals surface area (Å²) in [7, 11) is 0. The quantitative estimate of drug-likeness (QED) is 0.666. The molecule has 9 heteroatoms. The van der Waals surface area contributed by atoms with Crippen molar-refractivity contribution < 1.29 is 28.6 Å². The fraction of sp³-hybridized carbons (Fsp3) is 0.364. The van der Waals surface area contributed by atoms with E-state index >= 15 is 0 Å². The monoisotopic (exact) mass is 450 g/mol. The Kier molecular flexibility index (Phi) is 7.70. The van der Waals surface area contributed by atoms with Crippen LogP contribution in [0.3, 0.4) is 0 Å². The molecule has 1 N–H and O–H groups in total. The highest BCUT2D eigenvalue weighted by molar-refractivity contribution is 6.30. The molecule has 1 atom stereocenters. The minimum Gasteiger partial charge on any atom is -0.480 e. The highest BCUT2D eigenvalue weighted by Crippen LogP contribution is 2.30. The van der Waals surface area contributed by atoms with Crippen LogP contribution in [-0.2, 0) is 16.1 Å². The third kappa shape index (κ3) is 6.57. The first-order chi connectivity index (χ1) is 14.8. The fourth-order valence-electron chi connectivity index (χ4n) is 3.47. The van der Waals surface area contributed by atoms with Crippen LogP contribution >= 0.6 is 11.6 Å². The summed E-state index contributed by atoms with van der Waals surface area (Å²) in [5.74, 6) is -1.14. The minimum absolute atomic E-state index is 0.0155. The van der Waals surface area contributed by atoms with E-state index in [2.05, 4.69) is 4.90 Å². The number of hydrogen-bond donors (Lipinski definition) is 1. The Balaban J connectivity index is 1.53. The number of rotatable bonds is 8. The molecule has 1 fully saturated rings. The summed E-state index contributed by atoms with van der Waals surface area (Å²) >= 11 is 5.93. The summed E-state index contributed by atoms with van der Waals surface area (Å²) in [5.41, 5.74) is 1.02. The molecular weight excluding hydrogens is 427 g/mol. The van der Waals surface area contributed by atoms with Gasteiger partial charge in [0.15, 0.2) is 24.7 Å². The van der Waals surface area contributed by atoms with Gasteiger partial charge in [0.1, 0.15) is 5.82 Å². The molecule has 1 heterocycles. The lowest BCUT2D eigenvalue weighted by Gasteiger charge is -2.39. The normalized spacial score (nSPS) is 16.7. The first-order valence-corrected chi connectivity index (χ1v) is 10.2. The van der Waals surface area contributed by atoms with Gasteiger partial charge in [-0.2, -0.15) is 0 Å². The molecule has 0 spiro atoms. The van der Waals surface area contributed by atoms with Gasteiger partial charge in [-0.3, -0.25) is 9.69 Å². The third-order valence-electron chi connectivity index (χ3n) is 4.96. The zero-order chi connectivity index (χ0) is 22.4. The summed E-state index contributed by atoms with van der Waals surface area (Å²) < 4.78 is 23.9. The van der Waals surface area contributed by atoms with E-state index in [0.717, 1.165) is 5.56 Å². The molecule has 1 aliphatic heterocycles. The smallest absolute Gasteiger partial charge is 0.341 e. The topological polar surface area (TPSA) is 79.3 Å². The second kappa shape index (κ2) is 10.5. The Bertz CT molecular complexity index is 925. The molecule has 31 heavy (non-hydrogen) atoms. The number of amides is 1. The summed E-state index contributed by atoms with van der Waals surface area (Å²) in [5, 5.41) is 9.16. The molecule has 1 aliphatic rings. The summed E-state index contributed by atoms with van der Waals surface area (Å²) in [4.78, 5) is 27.4. The molecule has 166 valence electrons. The van der Waals surface area contributed by atoms with Crippen molar-refractivity contribution >= 4 is 23.5 Å². The number of carbonyl (C=O) groups is 2. The van der Waals surface area contributed by atoms with Crippen LogP contribution in [0, 0.1) is 5.82 Å². The van der Waals surface area contributed by atoms with Crippen molar-refractivity contribution in [2.24, 2.45) is 0 Å². The summed E-state index contributed by atoms with van der Waals surface area (Å²) in [6, 6.07) is 11.0. The standard InChI is InChI=1S/C22H24ClFN2O5/c1-15-11-25(12-16-2-5-18(24)6-3-16)8-9-26(15)21(27)13-30-19-7-4-17(23)10-20(19)31-14-22(28)29/h2-7,10,15H,8-9,11-14H2,1H3,(H,28,29). The largest absolute Gasteiger partial charge is 0.480 e. The number of benzene rings is 2. The lowest BCUT2D eigenvalue weighted by atomic mass is 10.1. The molecule has 7 nitrogen and oxygen atoms in total. The van der Waals surface area contributed by atoms with Gasteiger partial charge in [-0.25, -0.2) is 9.18 Å². The van der Waals surface area contributed by atoms with Gasteiger partial charge in [0.2, 0.25) is 0 Å². The van der Waals surface area contributed by atoms with E-state index in [0.29, 0.717) is 31.2 Å². The van der Waals surface area contributed by atoms with Crippen molar-refractivity contribution in [3.63, 3.8) is 0 Å². The number of carbonyl (C=O) groups excluding carboxylic acids is 1. The average molecular weight is 451 g/mol. The predicted octanol–water partition coefficient (Wildman–Crippen LogP) is 3.05. The van der Waals surface area contributed by atoms with E-state index in [9.17, 15) is 14.0 Å². The highest BCUT2D eigenvalue weighted by atomic mass is 35.5. The lowest BCUT2D eigenvalue weighted by Crippen LogP contribution is -2.54. The highest BCUT2D eigenvalue weighted by Gasteiger charge is 2.27. The van der Waals surface area contributed by atoms with Crippen molar-refractivity contribution in [3.8, 4) is 11.5 Å². The Morgan fingerprint density at radius 2 is 1.81 bits per heavy atom. The van der Waals surface area contributed by atoms with Crippen LogP contribution in [0.5, 0.6) is 11.5 Å². The van der Waals surface area contributed by atoms with Crippen LogP contribution in [0.1, 0.15) is 12.5 Å². The summed E-state index contributed by atoms with van der Waals surface area (Å²) in [6.07, 6.45) is 0. The van der Waals surface area contributed by atoms with Crippen LogP contribution in [0.4, 0.5) is 4.39 Å². The zero-order valence-electron chi connectivity index (χ0n) is 17.1. The van der Waals surface area contributed by atoms with Crippen LogP contribution in [-0.4, -0.2) is 65.7 Å². The van der Waals surface area contributed by atoms with Gasteiger partial charge in [-0.15, -0.1) is 0 Å². The van der Waals surface area contributed by atoms with Crippen LogP contribution in [0.15, 0.2) is 42.5 Å². The Hall–Kier alpha value is -2.84. The molecule has 1 unspecified atom stereocenters. The Labute approximate surface area is 184 Å². The van der Waals surface area contributed by atoms with E-state index in [4.69, 9.17) is 26.2 Å². The van der Waals surface area contributed by atoms with Crippen molar-refractivity contribution in [2.45, 2.75) is 19.5 Å². The predicted molar refractivity (Wildman–Crippen MR) is 113 cm³/mol. The SMILES string of the molecule is CC1CN(Cc2ccc(F)cc2)CCN1C(=O)COc1ccc(Cl)cc1OCC(=O)O. The van der Waals surface area contributed by atoms with Gasteiger partial charge in [0.05, 0.1) is 0 Å². The number of hydrogen-bond acceptors (Lipinski definition) is 5. The first kappa shape index (κ1) is 22.8. The van der Waals surface area contributed by atoms with Crippen LogP contribution < -0.4 is 9.47 Å². The maximum Gasteiger partial charge on any atom is 0.341 e. The molecule has 1 saturated heterocycles. The van der Waals surface area contributed by atoms with Crippen molar-refractivity contribution in [3.05, 3.63) is 58.9 Å². The van der Waals surface area contributed by atoms with E-state index < -0.39 is 12.6 Å². The van der Waals surface area contributed by atoms with Gasteiger partial charge in [-0.05, 0) is 36.8 Å². The number of piperazine rings is 1. The maximum absolute atomic E-state index is 13.1. The molecule has 0 radical (unpaired) electrons. The second-order valence-corrected chi connectivity index (χ2v) is 7.80. The number of carboxylic acid groups (broad SMARTS) is 1. The molecule has 0 saturated carbocycles. The van der Waals surface area contributed by atoms with Gasteiger partial charge in [0, 0.05) is 43.3 Å². The number of carboxylic acids is 1. The van der Waals surface area contributed by atoms with Crippen LogP contribution in [0.25, 0.3) is 0 Å². The minimum atomic E-state index is -1.13.